The highest BCUT2D eigenvalue weighted by molar-refractivity contribution is 5.81. The Morgan fingerprint density at radius 3 is 2.38 bits per heavy atom. The van der Waals surface area contributed by atoms with Crippen LogP contribution in [-0.2, 0) is 23.9 Å². The van der Waals surface area contributed by atoms with Gasteiger partial charge in [0.25, 0.3) is 0 Å². The Hall–Kier alpha value is -1.85. The maximum atomic E-state index is 11.1. The first-order valence-corrected chi connectivity index (χ1v) is 4.74. The second kappa shape index (κ2) is 7.44. The molecule has 0 spiro atoms. The minimum atomic E-state index is -1.09. The predicted octanol–water partition coefficient (Wildman–Crippen LogP) is 0.860. The van der Waals surface area contributed by atoms with E-state index in [2.05, 4.69) is 11.3 Å². The third kappa shape index (κ3) is 6.58. The number of carbonyl (C=O) groups excluding carboxylic acids is 2. The van der Waals surface area contributed by atoms with Crippen LogP contribution in [0.5, 0.6) is 0 Å². The molecule has 90 valence electrons. The van der Waals surface area contributed by atoms with Crippen molar-refractivity contribution in [2.45, 2.75) is 32.5 Å². The molecule has 0 saturated carbocycles. The molecule has 1 unspecified atom stereocenters. The highest BCUT2D eigenvalue weighted by Crippen LogP contribution is 2.04. The maximum absolute atomic E-state index is 11.1. The van der Waals surface area contributed by atoms with Gasteiger partial charge in [-0.25, -0.2) is 4.79 Å². The van der Waals surface area contributed by atoms with E-state index in [0.717, 1.165) is 6.08 Å². The van der Waals surface area contributed by atoms with Crippen LogP contribution in [0.2, 0.25) is 0 Å². The van der Waals surface area contributed by atoms with Gasteiger partial charge in [-0.3, -0.25) is 9.59 Å². The third-order valence-electron chi connectivity index (χ3n) is 1.55. The summed E-state index contributed by atoms with van der Waals surface area (Å²) in [6.07, 6.45) is -0.319. The summed E-state index contributed by atoms with van der Waals surface area (Å²) < 4.78 is 9.41. The smallest absolute Gasteiger partial charge is 0.333 e. The Morgan fingerprint density at radius 1 is 1.31 bits per heavy atom. The fourth-order valence-corrected chi connectivity index (χ4v) is 0.783. The number of carboxylic acids is 1. The van der Waals surface area contributed by atoms with Gasteiger partial charge in [0.2, 0.25) is 6.29 Å². The largest absolute Gasteiger partial charge is 0.481 e. The number of carbonyl (C=O) groups is 3. The SMILES string of the molecule is C=CC(=O)OC(CC)OC(=O)CCC(=O)O. The first-order valence-electron chi connectivity index (χ1n) is 4.74. The summed E-state index contributed by atoms with van der Waals surface area (Å²) in [6, 6.07) is 0. The lowest BCUT2D eigenvalue weighted by Gasteiger charge is -2.15. The van der Waals surface area contributed by atoms with Crippen LogP contribution in [-0.4, -0.2) is 29.3 Å². The van der Waals surface area contributed by atoms with E-state index in [-0.39, 0.29) is 12.8 Å². The minimum Gasteiger partial charge on any atom is -0.481 e. The van der Waals surface area contributed by atoms with Gasteiger partial charge in [-0.05, 0) is 0 Å². The molecule has 0 saturated heterocycles. The van der Waals surface area contributed by atoms with Crippen LogP contribution in [0.1, 0.15) is 26.2 Å². The highest BCUT2D eigenvalue weighted by Gasteiger charge is 2.16. The van der Waals surface area contributed by atoms with Gasteiger partial charge in [-0.1, -0.05) is 13.5 Å². The highest BCUT2D eigenvalue weighted by atomic mass is 16.7. The van der Waals surface area contributed by atoms with Crippen LogP contribution in [0.3, 0.4) is 0 Å². The molecule has 16 heavy (non-hydrogen) atoms. The van der Waals surface area contributed by atoms with Crippen molar-refractivity contribution in [2.75, 3.05) is 0 Å². The number of aliphatic carboxylic acids is 1. The lowest BCUT2D eigenvalue weighted by atomic mass is 10.3. The number of ether oxygens (including phenoxy) is 2. The zero-order valence-electron chi connectivity index (χ0n) is 8.97. The summed E-state index contributed by atoms with van der Waals surface area (Å²) in [7, 11) is 0. The van der Waals surface area contributed by atoms with E-state index in [1.165, 1.54) is 0 Å². The molecule has 0 heterocycles. The average molecular weight is 230 g/mol. The molecule has 0 rings (SSSR count). The molecule has 0 radical (unpaired) electrons. The molecule has 1 atom stereocenters. The monoisotopic (exact) mass is 230 g/mol. The van der Waals surface area contributed by atoms with Crippen molar-refractivity contribution in [1.29, 1.82) is 0 Å². The number of esters is 2. The Kier molecular flexibility index (Phi) is 6.58. The molecule has 0 fully saturated rings. The molecule has 0 aromatic carbocycles. The van der Waals surface area contributed by atoms with Crippen molar-refractivity contribution in [1.82, 2.24) is 0 Å². The van der Waals surface area contributed by atoms with E-state index >= 15 is 0 Å². The average Bonchev–Trinajstić information content (AvgIpc) is 2.25. The molecule has 6 nitrogen and oxygen atoms in total. The fraction of sp³-hybridized carbons (Fsp3) is 0.500. The normalized spacial score (nSPS) is 11.3. The Morgan fingerprint density at radius 2 is 1.94 bits per heavy atom. The van der Waals surface area contributed by atoms with Gasteiger partial charge in [0.05, 0.1) is 12.8 Å². The maximum Gasteiger partial charge on any atom is 0.333 e. The first-order chi connectivity index (χ1) is 7.49. The third-order valence-corrected chi connectivity index (χ3v) is 1.55. The standard InChI is InChI=1S/C10H14O6/c1-3-8(13)15-10(4-2)16-9(14)6-5-7(11)12/h3,10H,1,4-6H2,2H3,(H,11,12). The summed E-state index contributed by atoms with van der Waals surface area (Å²) >= 11 is 0. The minimum absolute atomic E-state index is 0.253. The van der Waals surface area contributed by atoms with Gasteiger partial charge in [0, 0.05) is 12.5 Å². The Labute approximate surface area is 92.8 Å². The molecule has 6 heteroatoms. The van der Waals surface area contributed by atoms with E-state index in [9.17, 15) is 14.4 Å². The Balaban J connectivity index is 4.01. The summed E-state index contributed by atoms with van der Waals surface area (Å²) in [5, 5.41) is 8.33. The fourth-order valence-electron chi connectivity index (χ4n) is 0.783. The number of hydrogen-bond donors (Lipinski definition) is 1. The molecule has 1 N–H and O–H groups in total. The molecule has 0 bridgehead atoms. The molecular weight excluding hydrogens is 216 g/mol. The zero-order chi connectivity index (χ0) is 12.6. The summed E-state index contributed by atoms with van der Waals surface area (Å²) in [5.74, 6) is -2.50. The number of carboxylic acid groups (broad SMARTS) is 1. The van der Waals surface area contributed by atoms with Gasteiger partial charge in [-0.15, -0.1) is 0 Å². The van der Waals surface area contributed by atoms with Gasteiger partial charge in [0.15, 0.2) is 0 Å². The number of hydrogen-bond acceptors (Lipinski definition) is 5. The Bertz CT molecular complexity index is 283. The van der Waals surface area contributed by atoms with E-state index in [1.807, 2.05) is 0 Å². The van der Waals surface area contributed by atoms with Crippen LogP contribution in [0.15, 0.2) is 12.7 Å². The molecule has 0 amide bonds. The van der Waals surface area contributed by atoms with Crippen molar-refractivity contribution in [2.24, 2.45) is 0 Å². The lowest BCUT2D eigenvalue weighted by Crippen LogP contribution is -2.23. The summed E-state index contributed by atoms with van der Waals surface area (Å²) in [6.45, 7) is 4.85. The first kappa shape index (κ1) is 14.2. The van der Waals surface area contributed by atoms with Crippen molar-refractivity contribution in [3.05, 3.63) is 12.7 Å². The molecule has 0 aliphatic heterocycles. The molecular formula is C10H14O6. The lowest BCUT2D eigenvalue weighted by molar-refractivity contribution is -0.185. The second-order valence-corrected chi connectivity index (χ2v) is 2.86. The van der Waals surface area contributed by atoms with Crippen molar-refractivity contribution in [3.8, 4) is 0 Å². The predicted molar refractivity (Wildman–Crippen MR) is 53.3 cm³/mol. The summed E-state index contributed by atoms with van der Waals surface area (Å²) in [4.78, 5) is 32.1. The van der Waals surface area contributed by atoms with Gasteiger partial charge >= 0.3 is 17.9 Å². The van der Waals surface area contributed by atoms with E-state index in [4.69, 9.17) is 9.84 Å². The van der Waals surface area contributed by atoms with E-state index < -0.39 is 24.2 Å². The van der Waals surface area contributed by atoms with Crippen LogP contribution >= 0.6 is 0 Å². The molecule has 0 aliphatic carbocycles. The van der Waals surface area contributed by atoms with Crippen molar-refractivity contribution < 1.29 is 29.0 Å². The summed E-state index contributed by atoms with van der Waals surface area (Å²) in [5.41, 5.74) is 0. The quantitative estimate of drug-likeness (QED) is 0.396. The van der Waals surface area contributed by atoms with Crippen molar-refractivity contribution >= 4 is 17.9 Å². The molecule has 0 aliphatic rings. The molecule has 0 aromatic rings. The van der Waals surface area contributed by atoms with E-state index in [1.54, 1.807) is 6.92 Å². The second-order valence-electron chi connectivity index (χ2n) is 2.86. The number of rotatable bonds is 7. The van der Waals surface area contributed by atoms with E-state index in [0.29, 0.717) is 6.42 Å². The van der Waals surface area contributed by atoms with Crippen LogP contribution in [0.4, 0.5) is 0 Å². The molecule has 0 aromatic heterocycles. The van der Waals surface area contributed by atoms with Crippen molar-refractivity contribution in [3.63, 3.8) is 0 Å². The van der Waals surface area contributed by atoms with Crippen LogP contribution in [0.25, 0.3) is 0 Å². The van der Waals surface area contributed by atoms with Gasteiger partial charge < -0.3 is 14.6 Å². The van der Waals surface area contributed by atoms with Crippen LogP contribution < -0.4 is 0 Å². The van der Waals surface area contributed by atoms with Gasteiger partial charge in [-0.2, -0.15) is 0 Å². The van der Waals surface area contributed by atoms with Crippen LogP contribution in [0, 0.1) is 0 Å². The van der Waals surface area contributed by atoms with Gasteiger partial charge in [0.1, 0.15) is 0 Å². The zero-order valence-corrected chi connectivity index (χ0v) is 8.97. The topological polar surface area (TPSA) is 89.9 Å².